The minimum Gasteiger partial charge on any atom is -0.378 e. The van der Waals surface area contributed by atoms with Gasteiger partial charge in [0.25, 0.3) is 17.7 Å². The molecule has 232 valence electrons. The van der Waals surface area contributed by atoms with Gasteiger partial charge in [-0.3, -0.25) is 24.1 Å². The number of carbonyl (C=O) groups excluding carboxylic acids is 4. The van der Waals surface area contributed by atoms with E-state index in [1.54, 1.807) is 23.3 Å². The monoisotopic (exact) mass is 624 g/mol. The van der Waals surface area contributed by atoms with Crippen molar-refractivity contribution in [3.63, 3.8) is 0 Å². The highest BCUT2D eigenvalue weighted by molar-refractivity contribution is 7.21. The first-order chi connectivity index (χ1) is 21.5. The zero-order valence-corrected chi connectivity index (χ0v) is 27.1. The maximum atomic E-state index is 13.9. The molecule has 45 heavy (non-hydrogen) atoms. The van der Waals surface area contributed by atoms with Gasteiger partial charge in [-0.2, -0.15) is 0 Å². The molecule has 0 aromatic heterocycles. The Balaban J connectivity index is 1.37. The van der Waals surface area contributed by atoms with Gasteiger partial charge in [0.2, 0.25) is 11.3 Å². The van der Waals surface area contributed by atoms with Gasteiger partial charge in [0, 0.05) is 103 Å². The Morgan fingerprint density at radius 2 is 1.64 bits per heavy atom. The number of nitrogens with one attached hydrogen (secondary N) is 1. The molecule has 9 nitrogen and oxygen atoms in total. The summed E-state index contributed by atoms with van der Waals surface area (Å²) in [5.41, 5.74) is 4.69. The topological polar surface area (TPSA) is 93.0 Å². The SMILES string of the molecule is CN(CCCC(=O)NCCN1C(=O)C=CC1=O)C(=O)c1ccccc1-c1c2ccc(=[N+](C)C)cc-2sc2cc(N(C)C)ccc12. The summed E-state index contributed by atoms with van der Waals surface area (Å²) in [6, 6.07) is 20.6. The molecule has 1 aliphatic carbocycles. The lowest BCUT2D eigenvalue weighted by Crippen LogP contribution is -2.38. The van der Waals surface area contributed by atoms with Gasteiger partial charge in [0.1, 0.15) is 14.1 Å². The molecule has 4 amide bonds. The van der Waals surface area contributed by atoms with Crippen molar-refractivity contribution in [1.29, 1.82) is 0 Å². The molecule has 2 aromatic rings. The third-order valence-electron chi connectivity index (χ3n) is 7.95. The molecule has 0 saturated carbocycles. The number of carbonyl (C=O) groups is 4. The van der Waals surface area contributed by atoms with Gasteiger partial charge in [-0.15, -0.1) is 11.3 Å². The lowest BCUT2D eigenvalue weighted by Gasteiger charge is -2.22. The summed E-state index contributed by atoms with van der Waals surface area (Å²) in [4.78, 5) is 55.6. The van der Waals surface area contributed by atoms with Crippen LogP contribution in [0.25, 0.3) is 31.7 Å². The first-order valence-corrected chi connectivity index (χ1v) is 15.7. The number of benzene rings is 3. The minimum atomic E-state index is -0.372. The van der Waals surface area contributed by atoms with Crippen LogP contribution in [-0.4, -0.2) is 88.3 Å². The van der Waals surface area contributed by atoms with E-state index in [2.05, 4.69) is 51.2 Å². The van der Waals surface area contributed by atoms with Crippen LogP contribution in [0.5, 0.6) is 0 Å². The molecule has 0 unspecified atom stereocenters. The van der Waals surface area contributed by atoms with E-state index in [0.717, 1.165) is 47.6 Å². The predicted molar refractivity (Wildman–Crippen MR) is 180 cm³/mol. The Bertz CT molecular complexity index is 1850. The second-order valence-corrected chi connectivity index (χ2v) is 12.6. The number of anilines is 1. The van der Waals surface area contributed by atoms with E-state index in [0.29, 0.717) is 18.5 Å². The molecule has 0 spiro atoms. The molecule has 0 radical (unpaired) electrons. The van der Waals surface area contributed by atoms with Crippen molar-refractivity contribution < 1.29 is 19.2 Å². The van der Waals surface area contributed by atoms with Crippen LogP contribution in [0.1, 0.15) is 23.2 Å². The highest BCUT2D eigenvalue weighted by Gasteiger charge is 2.24. The second kappa shape index (κ2) is 13.4. The number of imide groups is 1. The molecule has 0 saturated heterocycles. The number of nitrogens with zero attached hydrogens (tertiary/aromatic N) is 4. The quantitative estimate of drug-likeness (QED) is 0.165. The van der Waals surface area contributed by atoms with Crippen LogP contribution in [0.15, 0.2) is 72.8 Å². The zero-order chi connectivity index (χ0) is 32.2. The molecule has 3 aliphatic rings. The third kappa shape index (κ3) is 6.81. The van der Waals surface area contributed by atoms with Crippen LogP contribution in [0, 0.1) is 0 Å². The summed E-state index contributed by atoms with van der Waals surface area (Å²) in [5, 5.41) is 4.94. The molecule has 0 fully saturated rings. The zero-order valence-electron chi connectivity index (χ0n) is 26.3. The van der Waals surface area contributed by atoms with E-state index in [1.165, 1.54) is 12.2 Å². The van der Waals surface area contributed by atoms with Crippen LogP contribution in [0.4, 0.5) is 5.69 Å². The van der Waals surface area contributed by atoms with Gasteiger partial charge in [-0.1, -0.05) is 24.3 Å². The summed E-state index contributed by atoms with van der Waals surface area (Å²) < 4.78 is 3.22. The minimum absolute atomic E-state index is 0.117. The van der Waals surface area contributed by atoms with E-state index in [1.807, 2.05) is 52.5 Å². The number of fused-ring (bicyclic) bond motifs is 2. The first-order valence-electron chi connectivity index (χ1n) is 14.9. The van der Waals surface area contributed by atoms with E-state index in [4.69, 9.17) is 0 Å². The van der Waals surface area contributed by atoms with Crippen LogP contribution in [-0.2, 0) is 14.4 Å². The van der Waals surface area contributed by atoms with Crippen molar-refractivity contribution in [3.05, 3.63) is 83.7 Å². The van der Waals surface area contributed by atoms with Crippen molar-refractivity contribution >= 4 is 50.7 Å². The fourth-order valence-corrected chi connectivity index (χ4v) is 6.59. The van der Waals surface area contributed by atoms with Crippen molar-refractivity contribution in [2.45, 2.75) is 12.8 Å². The summed E-state index contributed by atoms with van der Waals surface area (Å²) in [5.74, 6) is -1.05. The summed E-state index contributed by atoms with van der Waals surface area (Å²) >= 11 is 1.74. The Labute approximate surface area is 267 Å². The molecule has 2 aromatic carbocycles. The number of hydrogen-bond acceptors (Lipinski definition) is 6. The third-order valence-corrected chi connectivity index (χ3v) is 9.07. The van der Waals surface area contributed by atoms with Crippen molar-refractivity contribution in [3.8, 4) is 21.6 Å². The summed E-state index contributed by atoms with van der Waals surface area (Å²) in [6.45, 7) is 0.707. The van der Waals surface area contributed by atoms with Crippen LogP contribution in [0.3, 0.4) is 0 Å². The first kappa shape index (κ1) is 31.6. The number of hydrogen-bond donors (Lipinski definition) is 1. The maximum Gasteiger partial charge on any atom is 0.254 e. The molecule has 2 aliphatic heterocycles. The highest BCUT2D eigenvalue weighted by Crippen LogP contribution is 2.44. The number of amides is 4. The summed E-state index contributed by atoms with van der Waals surface area (Å²) in [6.07, 6.45) is 3.14. The van der Waals surface area contributed by atoms with Gasteiger partial charge >= 0.3 is 0 Å². The Kier molecular flexibility index (Phi) is 9.43. The fraction of sp³-hybridized carbons (Fsp3) is 0.286. The van der Waals surface area contributed by atoms with Crippen LogP contribution >= 0.6 is 11.3 Å². The molecule has 0 atom stereocenters. The van der Waals surface area contributed by atoms with Crippen LogP contribution < -0.4 is 20.1 Å². The lowest BCUT2D eigenvalue weighted by atomic mass is 9.91. The molecule has 2 heterocycles. The normalized spacial score (nSPS) is 12.7. The Morgan fingerprint density at radius 1 is 0.911 bits per heavy atom. The van der Waals surface area contributed by atoms with Gasteiger partial charge in [0.15, 0.2) is 0 Å². The Hall–Kier alpha value is -4.83. The largest absolute Gasteiger partial charge is 0.378 e. The van der Waals surface area contributed by atoms with E-state index in [-0.39, 0.29) is 43.1 Å². The summed E-state index contributed by atoms with van der Waals surface area (Å²) in [7, 11) is 9.87. The van der Waals surface area contributed by atoms with Gasteiger partial charge in [-0.05, 0) is 41.8 Å². The molecule has 0 bridgehead atoms. The lowest BCUT2D eigenvalue weighted by molar-refractivity contribution is -0.137. The van der Waals surface area contributed by atoms with E-state index >= 15 is 0 Å². The fourth-order valence-electron chi connectivity index (χ4n) is 5.43. The van der Waals surface area contributed by atoms with Crippen molar-refractivity contribution in [2.24, 2.45) is 0 Å². The molecule has 1 N–H and O–H groups in total. The van der Waals surface area contributed by atoms with Crippen molar-refractivity contribution in [1.82, 2.24) is 19.7 Å². The molecular formula is C35H38N5O4S+. The average molecular weight is 625 g/mol. The smallest absolute Gasteiger partial charge is 0.254 e. The van der Waals surface area contributed by atoms with Gasteiger partial charge in [-0.25, -0.2) is 4.58 Å². The van der Waals surface area contributed by atoms with Gasteiger partial charge in [0.05, 0.1) is 0 Å². The predicted octanol–water partition coefficient (Wildman–Crippen LogP) is 3.66. The van der Waals surface area contributed by atoms with E-state index < -0.39 is 0 Å². The molecular weight excluding hydrogens is 586 g/mol. The Morgan fingerprint density at radius 3 is 2.36 bits per heavy atom. The number of rotatable bonds is 10. The van der Waals surface area contributed by atoms with Crippen LogP contribution in [0.2, 0.25) is 0 Å². The van der Waals surface area contributed by atoms with E-state index in [9.17, 15) is 19.2 Å². The molecule has 5 rings (SSSR count). The highest BCUT2D eigenvalue weighted by atomic mass is 32.1. The molecule has 10 heteroatoms. The standard InChI is InChI=1S/C35H37N5O4S/c1-37(2)23-12-14-27-29(21-23)45-30-22-24(38(3)4)13-15-28(30)34(27)25-9-6-7-10-26(25)35(44)39(5)19-8-11-31(41)36-18-20-40-32(42)16-17-33(40)43/h6-7,9-10,12-17,21-22H,8,11,18-20H2,1-5H3/p+1. The average Bonchev–Trinajstić information content (AvgIpc) is 3.34. The maximum absolute atomic E-state index is 13.9. The van der Waals surface area contributed by atoms with Gasteiger partial charge < -0.3 is 15.1 Å². The second-order valence-electron chi connectivity index (χ2n) is 11.5. The van der Waals surface area contributed by atoms with Crippen molar-refractivity contribution in [2.75, 3.05) is 59.8 Å².